The van der Waals surface area contributed by atoms with Gasteiger partial charge in [0, 0.05) is 49.2 Å². The monoisotopic (exact) mass is 499 g/mol. The van der Waals surface area contributed by atoms with Crippen LogP contribution in [0.1, 0.15) is 38.8 Å². The minimum atomic E-state index is 0. The van der Waals surface area contributed by atoms with Crippen molar-refractivity contribution < 1.29 is 4.79 Å². The summed E-state index contributed by atoms with van der Waals surface area (Å²) >= 11 is 0. The summed E-state index contributed by atoms with van der Waals surface area (Å²) in [5.74, 6) is 0.867. The van der Waals surface area contributed by atoms with Crippen molar-refractivity contribution in [3.63, 3.8) is 0 Å². The quantitative estimate of drug-likeness (QED) is 0.185. The van der Waals surface area contributed by atoms with Crippen LogP contribution in [-0.4, -0.2) is 43.0 Å². The third-order valence-electron chi connectivity index (χ3n) is 4.50. The summed E-state index contributed by atoms with van der Waals surface area (Å²) in [7, 11) is 0. The van der Waals surface area contributed by atoms with Crippen LogP contribution in [0.2, 0.25) is 0 Å². The molecule has 1 heterocycles. The van der Waals surface area contributed by atoms with E-state index in [2.05, 4.69) is 57.2 Å². The lowest BCUT2D eigenvalue weighted by molar-refractivity contribution is -0.123. The molecule has 156 valence electrons. The number of nitrogens with one attached hydrogen (secondary N) is 4. The number of carbonyl (C=O) groups is 1. The minimum Gasteiger partial charge on any atom is -0.361 e. The van der Waals surface area contributed by atoms with Gasteiger partial charge in [-0.3, -0.25) is 9.79 Å². The Bertz CT molecular complexity index is 769. The summed E-state index contributed by atoms with van der Waals surface area (Å²) in [4.78, 5) is 19.7. The predicted octanol–water partition coefficient (Wildman–Crippen LogP) is 3.22. The van der Waals surface area contributed by atoms with Gasteiger partial charge in [-0.05, 0) is 30.9 Å². The van der Waals surface area contributed by atoms with Crippen LogP contribution < -0.4 is 16.0 Å². The number of guanidine groups is 1. The first kappa shape index (κ1) is 24.3. The Morgan fingerprint density at radius 1 is 1.11 bits per heavy atom. The van der Waals surface area contributed by atoms with Crippen molar-refractivity contribution in [3.05, 3.63) is 35.5 Å². The van der Waals surface area contributed by atoms with Crippen molar-refractivity contribution in [1.29, 1.82) is 0 Å². The van der Waals surface area contributed by atoms with Gasteiger partial charge in [-0.25, -0.2) is 0 Å². The highest BCUT2D eigenvalue weighted by Gasteiger charge is 2.07. The zero-order valence-corrected chi connectivity index (χ0v) is 19.7. The number of fused-ring (bicyclic) bond motifs is 1. The number of aryl methyl sites for hydroxylation is 1. The molecule has 2 aromatic rings. The second-order valence-electron chi connectivity index (χ2n) is 6.89. The number of aromatic nitrogens is 1. The standard InChI is InChI=1S/C21H33N5O.HI/c1-5-16-8-7-9-18-17(14-26-19(16)18)10-11-24-21(22-6-2)25-13-12-23-20(27)15(3)4;/h7-9,14-15,26H,5-6,10-13H2,1-4H3,(H,23,27)(H2,22,24,25);1H. The summed E-state index contributed by atoms with van der Waals surface area (Å²) in [6.07, 6.45) is 4.01. The Morgan fingerprint density at radius 3 is 2.54 bits per heavy atom. The van der Waals surface area contributed by atoms with Gasteiger partial charge in [0.05, 0.1) is 0 Å². The van der Waals surface area contributed by atoms with Crippen LogP contribution in [0.25, 0.3) is 10.9 Å². The molecule has 0 aliphatic carbocycles. The molecule has 1 aromatic heterocycles. The molecule has 0 unspecified atom stereocenters. The highest BCUT2D eigenvalue weighted by atomic mass is 127. The van der Waals surface area contributed by atoms with E-state index in [1.807, 2.05) is 20.8 Å². The van der Waals surface area contributed by atoms with E-state index in [1.54, 1.807) is 0 Å². The second-order valence-corrected chi connectivity index (χ2v) is 6.89. The number of para-hydroxylation sites is 1. The highest BCUT2D eigenvalue weighted by molar-refractivity contribution is 14.0. The Kier molecular flexibility index (Phi) is 11.0. The first-order chi connectivity index (χ1) is 13.1. The molecule has 28 heavy (non-hydrogen) atoms. The molecule has 6 nitrogen and oxygen atoms in total. The summed E-state index contributed by atoms with van der Waals surface area (Å²) in [6, 6.07) is 6.47. The number of aliphatic imine (C=N–C) groups is 1. The number of hydrogen-bond donors (Lipinski definition) is 4. The molecule has 0 fully saturated rings. The maximum atomic E-state index is 11.6. The summed E-state index contributed by atoms with van der Waals surface area (Å²) in [5, 5.41) is 10.7. The number of benzene rings is 1. The van der Waals surface area contributed by atoms with Crippen LogP contribution >= 0.6 is 24.0 Å². The Morgan fingerprint density at radius 2 is 1.86 bits per heavy atom. The molecule has 0 saturated carbocycles. The molecule has 0 spiro atoms. The third-order valence-corrected chi connectivity index (χ3v) is 4.50. The summed E-state index contributed by atoms with van der Waals surface area (Å²) in [5.41, 5.74) is 3.88. The first-order valence-corrected chi connectivity index (χ1v) is 9.94. The normalized spacial score (nSPS) is 11.4. The molecule has 2 rings (SSSR count). The number of carbonyl (C=O) groups excluding carboxylic acids is 1. The molecule has 0 radical (unpaired) electrons. The average molecular weight is 499 g/mol. The van der Waals surface area contributed by atoms with Crippen molar-refractivity contribution in [2.24, 2.45) is 10.9 Å². The van der Waals surface area contributed by atoms with Crippen LogP contribution in [0, 0.1) is 5.92 Å². The number of halogens is 1. The average Bonchev–Trinajstić information content (AvgIpc) is 3.08. The maximum Gasteiger partial charge on any atom is 0.222 e. The molecular formula is C21H34IN5O. The molecule has 0 atom stereocenters. The van der Waals surface area contributed by atoms with Crippen molar-refractivity contribution in [2.75, 3.05) is 26.2 Å². The number of rotatable bonds is 9. The lowest BCUT2D eigenvalue weighted by Gasteiger charge is -2.12. The fourth-order valence-electron chi connectivity index (χ4n) is 2.98. The van der Waals surface area contributed by atoms with Crippen molar-refractivity contribution in [1.82, 2.24) is 20.9 Å². The van der Waals surface area contributed by atoms with Crippen molar-refractivity contribution in [3.8, 4) is 0 Å². The van der Waals surface area contributed by atoms with Crippen LogP contribution in [0.15, 0.2) is 29.4 Å². The molecule has 0 aliphatic rings. The van der Waals surface area contributed by atoms with Crippen LogP contribution in [0.4, 0.5) is 0 Å². The maximum absolute atomic E-state index is 11.6. The van der Waals surface area contributed by atoms with Gasteiger partial charge in [0.25, 0.3) is 0 Å². The molecule has 1 aromatic carbocycles. The molecular weight excluding hydrogens is 465 g/mol. The second kappa shape index (κ2) is 12.6. The molecule has 0 saturated heterocycles. The van der Waals surface area contributed by atoms with E-state index in [-0.39, 0.29) is 35.8 Å². The zero-order valence-electron chi connectivity index (χ0n) is 17.4. The van der Waals surface area contributed by atoms with E-state index in [0.29, 0.717) is 19.6 Å². The topological polar surface area (TPSA) is 81.3 Å². The first-order valence-electron chi connectivity index (χ1n) is 9.94. The van der Waals surface area contributed by atoms with Crippen molar-refractivity contribution in [2.45, 2.75) is 40.5 Å². The summed E-state index contributed by atoms with van der Waals surface area (Å²) < 4.78 is 0. The van der Waals surface area contributed by atoms with Crippen molar-refractivity contribution >= 4 is 46.7 Å². The van der Waals surface area contributed by atoms with Gasteiger partial charge >= 0.3 is 0 Å². The smallest absolute Gasteiger partial charge is 0.222 e. The number of nitrogens with zero attached hydrogens (tertiary/aromatic N) is 1. The van der Waals surface area contributed by atoms with E-state index >= 15 is 0 Å². The highest BCUT2D eigenvalue weighted by Crippen LogP contribution is 2.22. The molecule has 1 amide bonds. The van der Waals surface area contributed by atoms with Gasteiger partial charge < -0.3 is 20.9 Å². The fourth-order valence-corrected chi connectivity index (χ4v) is 2.98. The van der Waals surface area contributed by atoms with Crippen LogP contribution in [0.5, 0.6) is 0 Å². The third kappa shape index (κ3) is 7.00. The number of aromatic amines is 1. The van der Waals surface area contributed by atoms with Gasteiger partial charge in [-0.2, -0.15) is 0 Å². The number of amides is 1. The predicted molar refractivity (Wildman–Crippen MR) is 129 cm³/mol. The molecule has 0 aliphatic heterocycles. The van der Waals surface area contributed by atoms with E-state index in [0.717, 1.165) is 25.3 Å². The van der Waals surface area contributed by atoms with Gasteiger partial charge in [-0.15, -0.1) is 24.0 Å². The fraction of sp³-hybridized carbons (Fsp3) is 0.524. The van der Waals surface area contributed by atoms with Gasteiger partial charge in [0.2, 0.25) is 5.91 Å². The van der Waals surface area contributed by atoms with E-state index in [1.165, 1.54) is 22.0 Å². The van der Waals surface area contributed by atoms with Crippen LogP contribution in [0.3, 0.4) is 0 Å². The Hall–Kier alpha value is -1.77. The van der Waals surface area contributed by atoms with Crippen LogP contribution in [-0.2, 0) is 17.6 Å². The summed E-state index contributed by atoms with van der Waals surface area (Å²) in [6.45, 7) is 10.8. The van der Waals surface area contributed by atoms with E-state index < -0.39 is 0 Å². The van der Waals surface area contributed by atoms with E-state index in [9.17, 15) is 4.79 Å². The number of hydrogen-bond acceptors (Lipinski definition) is 2. The van der Waals surface area contributed by atoms with E-state index in [4.69, 9.17) is 0 Å². The Balaban J connectivity index is 0.00000392. The minimum absolute atomic E-state index is 0. The van der Waals surface area contributed by atoms with Gasteiger partial charge in [0.1, 0.15) is 0 Å². The zero-order chi connectivity index (χ0) is 19.6. The SMILES string of the molecule is CCNC(=NCCc1c[nH]c2c(CC)cccc12)NCCNC(=O)C(C)C.I. The lowest BCUT2D eigenvalue weighted by Crippen LogP contribution is -2.42. The lowest BCUT2D eigenvalue weighted by atomic mass is 10.1. The number of H-pyrrole nitrogens is 1. The Labute approximate surface area is 185 Å². The molecule has 4 N–H and O–H groups in total. The molecule has 0 bridgehead atoms. The molecule has 7 heteroatoms. The largest absolute Gasteiger partial charge is 0.361 e. The van der Waals surface area contributed by atoms with Gasteiger partial charge in [0.15, 0.2) is 5.96 Å². The van der Waals surface area contributed by atoms with Gasteiger partial charge in [-0.1, -0.05) is 39.0 Å².